The van der Waals surface area contributed by atoms with Crippen LogP contribution in [0.5, 0.6) is 0 Å². The fourth-order valence-corrected chi connectivity index (χ4v) is 0.530. The Morgan fingerprint density at radius 1 is 1.62 bits per heavy atom. The van der Waals surface area contributed by atoms with E-state index in [-0.39, 0.29) is 0 Å². The first-order valence-electron chi connectivity index (χ1n) is 3.41. The molecule has 0 fully saturated rings. The molecule has 0 aromatic rings. The summed E-state index contributed by atoms with van der Waals surface area (Å²) in [6, 6.07) is -1.44. The number of rotatable bonds is 4. The minimum atomic E-state index is -4.47. The molecular weight excluding hydrogens is 191 g/mol. The van der Waals surface area contributed by atoms with Crippen LogP contribution in [0.15, 0.2) is 0 Å². The van der Waals surface area contributed by atoms with Crippen molar-refractivity contribution < 1.29 is 27.8 Å². The third-order valence-corrected chi connectivity index (χ3v) is 1.30. The van der Waals surface area contributed by atoms with Crippen LogP contribution >= 0.6 is 0 Å². The van der Waals surface area contributed by atoms with Crippen molar-refractivity contribution in [2.45, 2.75) is 25.2 Å². The first-order chi connectivity index (χ1) is 5.74. The Kier molecular flexibility index (Phi) is 4.15. The molecule has 0 heterocycles. The van der Waals surface area contributed by atoms with Gasteiger partial charge in [-0.2, -0.15) is 13.2 Å². The summed E-state index contributed by atoms with van der Waals surface area (Å²) >= 11 is 0. The van der Waals surface area contributed by atoms with Crippen molar-refractivity contribution in [2.24, 2.45) is 5.73 Å². The van der Waals surface area contributed by atoms with Crippen LogP contribution in [-0.4, -0.2) is 36.0 Å². The molecule has 0 bridgehead atoms. The molecule has 0 radical (unpaired) electrons. The van der Waals surface area contributed by atoms with E-state index >= 15 is 0 Å². The van der Waals surface area contributed by atoms with Crippen LogP contribution in [0.2, 0.25) is 0 Å². The third-order valence-electron chi connectivity index (χ3n) is 1.30. The largest absolute Gasteiger partial charge is 0.480 e. The van der Waals surface area contributed by atoms with Crippen LogP contribution in [0.1, 0.15) is 6.92 Å². The highest BCUT2D eigenvalue weighted by Crippen LogP contribution is 2.15. The average molecular weight is 201 g/mol. The maximum Gasteiger partial charge on any atom is 0.411 e. The molecule has 0 amide bonds. The van der Waals surface area contributed by atoms with E-state index < -0.39 is 30.9 Å². The van der Waals surface area contributed by atoms with Gasteiger partial charge in [0, 0.05) is 0 Å². The highest BCUT2D eigenvalue weighted by atomic mass is 19.4. The summed E-state index contributed by atoms with van der Waals surface area (Å²) in [6.45, 7) is -0.320. The highest BCUT2D eigenvalue weighted by molar-refractivity contribution is 5.73. The number of nitrogens with two attached hydrogens (primary N) is 1. The molecule has 0 aliphatic heterocycles. The van der Waals surface area contributed by atoms with Crippen molar-refractivity contribution in [1.82, 2.24) is 0 Å². The second-order valence-corrected chi connectivity index (χ2v) is 2.50. The van der Waals surface area contributed by atoms with Crippen LogP contribution in [0.4, 0.5) is 13.2 Å². The number of ether oxygens (including phenoxy) is 1. The first-order valence-corrected chi connectivity index (χ1v) is 3.41. The Morgan fingerprint density at radius 2 is 2.08 bits per heavy atom. The molecule has 0 aromatic heterocycles. The van der Waals surface area contributed by atoms with Crippen molar-refractivity contribution in [2.75, 3.05) is 6.61 Å². The maximum absolute atomic E-state index is 11.6. The zero-order chi connectivity index (χ0) is 10.6. The lowest BCUT2D eigenvalue weighted by Crippen LogP contribution is -2.42. The number of halogens is 3. The Morgan fingerprint density at radius 3 is 2.38 bits per heavy atom. The van der Waals surface area contributed by atoms with Gasteiger partial charge in [-0.15, -0.1) is 0 Å². The number of hydrogen-bond acceptors (Lipinski definition) is 3. The van der Waals surface area contributed by atoms with E-state index in [4.69, 9.17) is 10.8 Å². The Hall–Kier alpha value is -0.820. The lowest BCUT2D eigenvalue weighted by Gasteiger charge is -2.17. The Balaban J connectivity index is 3.88. The lowest BCUT2D eigenvalue weighted by atomic mass is 10.2. The Bertz CT molecular complexity index is 182. The number of carboxylic acid groups (broad SMARTS) is 1. The van der Waals surface area contributed by atoms with Crippen molar-refractivity contribution in [1.29, 1.82) is 0 Å². The Labute approximate surface area is 72.5 Å². The molecular formula is C6H10F3NO3. The van der Waals surface area contributed by atoms with E-state index in [9.17, 15) is 18.0 Å². The number of carboxylic acids is 1. The number of hydrogen-bond donors (Lipinski definition) is 2. The second kappa shape index (κ2) is 4.43. The van der Waals surface area contributed by atoms with Crippen LogP contribution in [0.25, 0.3) is 0 Å². The van der Waals surface area contributed by atoms with E-state index in [1.54, 1.807) is 0 Å². The fourth-order valence-electron chi connectivity index (χ4n) is 0.530. The number of aliphatic carboxylic acids is 1. The molecule has 4 nitrogen and oxygen atoms in total. The highest BCUT2D eigenvalue weighted by Gasteiger charge is 2.30. The van der Waals surface area contributed by atoms with Gasteiger partial charge in [-0.25, -0.2) is 0 Å². The summed E-state index contributed by atoms with van der Waals surface area (Å²) in [5, 5.41) is 8.30. The average Bonchev–Trinajstić information content (AvgIpc) is 1.97. The van der Waals surface area contributed by atoms with Crippen LogP contribution in [-0.2, 0) is 9.53 Å². The van der Waals surface area contributed by atoms with Gasteiger partial charge < -0.3 is 15.6 Å². The van der Waals surface area contributed by atoms with Gasteiger partial charge >= 0.3 is 12.1 Å². The zero-order valence-corrected chi connectivity index (χ0v) is 6.84. The van der Waals surface area contributed by atoms with E-state index in [1.807, 2.05) is 0 Å². The molecule has 1 unspecified atom stereocenters. The van der Waals surface area contributed by atoms with E-state index in [2.05, 4.69) is 4.74 Å². The van der Waals surface area contributed by atoms with Crippen molar-refractivity contribution >= 4 is 5.97 Å². The SMILES string of the molecule is CC(OCC(F)(F)F)[C@H](N)C(=O)O. The topological polar surface area (TPSA) is 72.5 Å². The second-order valence-electron chi connectivity index (χ2n) is 2.50. The number of alkyl halides is 3. The molecule has 0 saturated carbocycles. The molecule has 7 heteroatoms. The zero-order valence-electron chi connectivity index (χ0n) is 6.84. The van der Waals surface area contributed by atoms with Gasteiger partial charge in [-0.05, 0) is 6.92 Å². The molecule has 0 rings (SSSR count). The molecule has 13 heavy (non-hydrogen) atoms. The minimum absolute atomic E-state index is 1.17. The van der Waals surface area contributed by atoms with Gasteiger partial charge in [-0.1, -0.05) is 0 Å². The molecule has 3 N–H and O–H groups in total. The van der Waals surface area contributed by atoms with Gasteiger partial charge in [0.05, 0.1) is 6.10 Å². The van der Waals surface area contributed by atoms with Crippen LogP contribution in [0, 0.1) is 0 Å². The number of carbonyl (C=O) groups is 1. The summed E-state index contributed by atoms with van der Waals surface area (Å²) in [5.74, 6) is -1.39. The molecule has 0 aliphatic carbocycles. The summed E-state index contributed by atoms with van der Waals surface area (Å²) < 4.78 is 38.9. The van der Waals surface area contributed by atoms with E-state index in [0.29, 0.717) is 0 Å². The van der Waals surface area contributed by atoms with Crippen molar-refractivity contribution in [3.05, 3.63) is 0 Å². The standard InChI is InChI=1S/C6H10F3NO3/c1-3(4(10)5(11)12)13-2-6(7,8)9/h3-4H,2,10H2,1H3,(H,11,12)/t3?,4-/m0/s1. The maximum atomic E-state index is 11.6. The van der Waals surface area contributed by atoms with Crippen molar-refractivity contribution in [3.8, 4) is 0 Å². The summed E-state index contributed by atoms with van der Waals surface area (Å²) in [5.41, 5.74) is 5.00. The summed E-state index contributed by atoms with van der Waals surface area (Å²) in [7, 11) is 0. The van der Waals surface area contributed by atoms with Crippen LogP contribution in [0.3, 0.4) is 0 Å². The molecule has 78 valence electrons. The molecule has 0 saturated heterocycles. The third kappa shape index (κ3) is 5.42. The molecule has 0 aliphatic rings. The van der Waals surface area contributed by atoms with Crippen LogP contribution < -0.4 is 5.73 Å². The quantitative estimate of drug-likeness (QED) is 0.689. The van der Waals surface area contributed by atoms with E-state index in [0.717, 1.165) is 0 Å². The fraction of sp³-hybridized carbons (Fsp3) is 0.833. The molecule has 0 spiro atoms. The smallest absolute Gasteiger partial charge is 0.411 e. The molecule has 2 atom stereocenters. The van der Waals surface area contributed by atoms with Gasteiger partial charge in [-0.3, -0.25) is 4.79 Å². The normalized spacial score (nSPS) is 16.7. The monoisotopic (exact) mass is 201 g/mol. The minimum Gasteiger partial charge on any atom is -0.480 e. The van der Waals surface area contributed by atoms with Gasteiger partial charge in [0.2, 0.25) is 0 Å². The lowest BCUT2D eigenvalue weighted by molar-refractivity contribution is -0.187. The summed E-state index contributed by atoms with van der Waals surface area (Å²) in [4.78, 5) is 10.2. The molecule has 0 aromatic carbocycles. The van der Waals surface area contributed by atoms with E-state index in [1.165, 1.54) is 6.92 Å². The van der Waals surface area contributed by atoms with Gasteiger partial charge in [0.1, 0.15) is 12.6 Å². The summed E-state index contributed by atoms with van der Waals surface area (Å²) in [6.07, 6.45) is -5.63. The van der Waals surface area contributed by atoms with Gasteiger partial charge in [0.15, 0.2) is 0 Å². The predicted molar refractivity (Wildman–Crippen MR) is 37.1 cm³/mol. The first kappa shape index (κ1) is 12.2. The predicted octanol–water partition coefficient (Wildman–Crippen LogP) is 0.366. The van der Waals surface area contributed by atoms with Crippen molar-refractivity contribution in [3.63, 3.8) is 0 Å². The van der Waals surface area contributed by atoms with Gasteiger partial charge in [0.25, 0.3) is 0 Å².